The third kappa shape index (κ3) is 4.17. The molecule has 3 nitrogen and oxygen atoms in total. The van der Waals surface area contributed by atoms with Crippen LogP contribution in [0.3, 0.4) is 0 Å². The van der Waals surface area contributed by atoms with E-state index in [2.05, 4.69) is 10.2 Å². The van der Waals surface area contributed by atoms with Crippen LogP contribution in [0.2, 0.25) is 4.34 Å². The maximum absolute atomic E-state index is 14.1. The molecule has 0 unspecified atom stereocenters. The molecule has 1 aromatic heterocycles. The topological polar surface area (TPSA) is 24.5 Å². The first-order valence-electron chi connectivity index (χ1n) is 7.22. The van der Waals surface area contributed by atoms with Crippen molar-refractivity contribution in [2.24, 2.45) is 0 Å². The van der Waals surface area contributed by atoms with Gasteiger partial charge in [0.25, 0.3) is 0 Å². The predicted octanol–water partition coefficient (Wildman–Crippen LogP) is 3.97. The molecule has 2 aromatic rings. The minimum atomic E-state index is -0.331. The lowest BCUT2D eigenvalue weighted by molar-refractivity contribution is 0.200. The molecule has 1 N–H and O–H groups in total. The largest absolute Gasteiger partial charge is 0.494 e. The van der Waals surface area contributed by atoms with Crippen LogP contribution in [0.25, 0.3) is 0 Å². The van der Waals surface area contributed by atoms with E-state index >= 15 is 0 Å². The van der Waals surface area contributed by atoms with Crippen LogP contribution in [0.5, 0.6) is 5.75 Å². The Hall–Kier alpha value is -0.850. The Morgan fingerprint density at radius 2 is 2.00 bits per heavy atom. The Morgan fingerprint density at radius 1 is 1.26 bits per heavy atom. The van der Waals surface area contributed by atoms with Crippen LogP contribution in [0.15, 0.2) is 30.3 Å². The van der Waals surface area contributed by atoms with Crippen molar-refractivity contribution < 1.29 is 9.13 Å². The fraction of sp³-hybridized carbons (Fsp3) is 0.375. The van der Waals surface area contributed by atoms with Crippen LogP contribution in [0.1, 0.15) is 16.5 Å². The van der Waals surface area contributed by atoms with E-state index in [-0.39, 0.29) is 30.0 Å². The molecule has 2 heterocycles. The monoisotopic (exact) mass is 376 g/mol. The first-order chi connectivity index (χ1) is 10.7. The summed E-state index contributed by atoms with van der Waals surface area (Å²) in [6.45, 7) is 3.73. The molecule has 1 aliphatic rings. The van der Waals surface area contributed by atoms with E-state index in [1.165, 1.54) is 7.11 Å². The van der Waals surface area contributed by atoms with Gasteiger partial charge in [0, 0.05) is 31.1 Å². The van der Waals surface area contributed by atoms with Gasteiger partial charge in [0.1, 0.15) is 0 Å². The van der Waals surface area contributed by atoms with Crippen molar-refractivity contribution in [1.82, 2.24) is 10.2 Å². The highest BCUT2D eigenvalue weighted by Gasteiger charge is 2.26. The fourth-order valence-corrected chi connectivity index (χ4v) is 4.05. The van der Waals surface area contributed by atoms with E-state index in [4.69, 9.17) is 16.3 Å². The summed E-state index contributed by atoms with van der Waals surface area (Å²) in [4.78, 5) is 3.50. The molecular formula is C16H19Cl2FN2OS. The molecule has 7 heteroatoms. The van der Waals surface area contributed by atoms with Crippen molar-refractivity contribution in [1.29, 1.82) is 0 Å². The number of methoxy groups -OCH3 is 1. The summed E-state index contributed by atoms with van der Waals surface area (Å²) >= 11 is 7.65. The van der Waals surface area contributed by atoms with E-state index in [9.17, 15) is 4.39 Å². The molecule has 1 aliphatic heterocycles. The van der Waals surface area contributed by atoms with Crippen LogP contribution in [0.4, 0.5) is 4.39 Å². The Kier molecular flexibility index (Phi) is 6.68. The Balaban J connectivity index is 0.00000192. The van der Waals surface area contributed by atoms with E-state index in [0.29, 0.717) is 0 Å². The Labute approximate surface area is 150 Å². The van der Waals surface area contributed by atoms with Crippen LogP contribution in [-0.4, -0.2) is 38.2 Å². The van der Waals surface area contributed by atoms with Crippen molar-refractivity contribution >= 4 is 35.3 Å². The Bertz CT molecular complexity index is 647. The van der Waals surface area contributed by atoms with Gasteiger partial charge in [-0.15, -0.1) is 23.7 Å². The summed E-state index contributed by atoms with van der Waals surface area (Å²) < 4.78 is 19.9. The highest BCUT2D eigenvalue weighted by molar-refractivity contribution is 7.16. The summed E-state index contributed by atoms with van der Waals surface area (Å²) in [5, 5.41) is 3.35. The van der Waals surface area contributed by atoms with Crippen molar-refractivity contribution in [3.63, 3.8) is 0 Å². The lowest BCUT2D eigenvalue weighted by Crippen LogP contribution is -2.45. The number of piperazine rings is 1. The minimum Gasteiger partial charge on any atom is -0.494 e. The molecule has 1 aromatic carbocycles. The summed E-state index contributed by atoms with van der Waals surface area (Å²) in [6, 6.07) is 9.15. The second-order valence-corrected chi connectivity index (χ2v) is 6.97. The Morgan fingerprint density at radius 3 is 2.57 bits per heavy atom. The smallest absolute Gasteiger partial charge is 0.165 e. The first kappa shape index (κ1) is 18.5. The maximum atomic E-state index is 14.1. The van der Waals surface area contributed by atoms with E-state index in [0.717, 1.165) is 41.0 Å². The molecule has 3 rings (SSSR count). The molecule has 0 radical (unpaired) electrons. The van der Waals surface area contributed by atoms with Crippen LogP contribution < -0.4 is 10.1 Å². The highest BCUT2D eigenvalue weighted by atomic mass is 35.5. The summed E-state index contributed by atoms with van der Waals surface area (Å²) in [6.07, 6.45) is 0. The van der Waals surface area contributed by atoms with Crippen LogP contribution >= 0.6 is 35.3 Å². The number of hydrogen-bond acceptors (Lipinski definition) is 4. The van der Waals surface area contributed by atoms with E-state index in [1.54, 1.807) is 23.5 Å². The number of benzene rings is 1. The molecule has 0 aliphatic carbocycles. The van der Waals surface area contributed by atoms with Crippen LogP contribution in [-0.2, 0) is 0 Å². The number of rotatable bonds is 4. The number of halogens is 3. The average molecular weight is 377 g/mol. The number of thiophene rings is 1. The average Bonchev–Trinajstić information content (AvgIpc) is 2.95. The third-order valence-corrected chi connectivity index (χ3v) is 5.16. The standard InChI is InChI=1S/C16H18ClFN2OS.ClH/c1-21-13-3-2-11(10-12(13)18)16(14-4-5-15(17)22-14)20-8-6-19-7-9-20;/h2-5,10,16,19H,6-9H2,1H3;1H/t16-;/m1./s1. The summed E-state index contributed by atoms with van der Waals surface area (Å²) in [5.41, 5.74) is 0.929. The molecule has 0 spiro atoms. The second-order valence-electron chi connectivity index (χ2n) is 5.22. The number of ether oxygens (including phenoxy) is 1. The van der Waals surface area contributed by atoms with Gasteiger partial charge in [0.05, 0.1) is 17.5 Å². The summed E-state index contributed by atoms with van der Waals surface area (Å²) in [5.74, 6) is -0.0604. The van der Waals surface area contributed by atoms with Gasteiger partial charge in [-0.1, -0.05) is 17.7 Å². The predicted molar refractivity (Wildman–Crippen MR) is 95.8 cm³/mol. The normalized spacial score (nSPS) is 16.7. The number of nitrogens with zero attached hydrogens (tertiary/aromatic N) is 1. The quantitative estimate of drug-likeness (QED) is 0.873. The molecule has 0 saturated carbocycles. The molecule has 1 atom stereocenters. The van der Waals surface area contributed by atoms with Crippen LogP contribution in [0, 0.1) is 5.82 Å². The molecule has 0 amide bonds. The fourth-order valence-electron chi connectivity index (χ4n) is 2.82. The second kappa shape index (κ2) is 8.31. The number of hydrogen-bond donors (Lipinski definition) is 1. The van der Waals surface area contributed by atoms with E-state index < -0.39 is 0 Å². The highest BCUT2D eigenvalue weighted by Crippen LogP contribution is 2.36. The van der Waals surface area contributed by atoms with Crippen molar-refractivity contribution in [3.8, 4) is 5.75 Å². The molecule has 1 fully saturated rings. The molecule has 23 heavy (non-hydrogen) atoms. The van der Waals surface area contributed by atoms with Gasteiger partial charge >= 0.3 is 0 Å². The van der Waals surface area contributed by atoms with Gasteiger partial charge in [-0.3, -0.25) is 4.90 Å². The van der Waals surface area contributed by atoms with Crippen molar-refractivity contribution in [2.45, 2.75) is 6.04 Å². The molecule has 1 saturated heterocycles. The zero-order valence-electron chi connectivity index (χ0n) is 12.7. The maximum Gasteiger partial charge on any atom is 0.165 e. The van der Waals surface area contributed by atoms with Crippen molar-refractivity contribution in [3.05, 3.63) is 50.9 Å². The van der Waals surface area contributed by atoms with Gasteiger partial charge in [0.15, 0.2) is 11.6 Å². The number of nitrogens with one attached hydrogen (secondary N) is 1. The summed E-state index contributed by atoms with van der Waals surface area (Å²) in [7, 11) is 1.48. The molecule has 126 valence electrons. The van der Waals surface area contributed by atoms with Gasteiger partial charge in [-0.05, 0) is 29.8 Å². The molecule has 0 bridgehead atoms. The zero-order valence-corrected chi connectivity index (χ0v) is 15.1. The SMILES string of the molecule is COc1ccc([C@H](c2ccc(Cl)s2)N2CCNCC2)cc1F.Cl. The minimum absolute atomic E-state index is 0. The van der Waals surface area contributed by atoms with Gasteiger partial charge in [-0.25, -0.2) is 4.39 Å². The van der Waals surface area contributed by atoms with Crippen molar-refractivity contribution in [2.75, 3.05) is 33.3 Å². The van der Waals surface area contributed by atoms with E-state index in [1.807, 2.05) is 18.2 Å². The first-order valence-corrected chi connectivity index (χ1v) is 8.42. The van der Waals surface area contributed by atoms with Gasteiger partial charge in [0.2, 0.25) is 0 Å². The van der Waals surface area contributed by atoms with Gasteiger partial charge in [-0.2, -0.15) is 0 Å². The lowest BCUT2D eigenvalue weighted by atomic mass is 10.0. The molecular weight excluding hydrogens is 358 g/mol. The third-order valence-electron chi connectivity index (χ3n) is 3.87. The zero-order chi connectivity index (χ0) is 15.5. The lowest BCUT2D eigenvalue weighted by Gasteiger charge is -2.34. The van der Waals surface area contributed by atoms with Gasteiger partial charge < -0.3 is 10.1 Å².